The Labute approximate surface area is 179 Å². The van der Waals surface area contributed by atoms with E-state index in [1.807, 2.05) is 23.1 Å². The number of rotatable bonds is 3. The minimum Gasteiger partial charge on any atom is -0.354 e. The Morgan fingerprint density at radius 1 is 0.833 bits per heavy atom. The molecule has 4 heterocycles. The molecule has 1 aromatic carbocycles. The third-order valence-electron chi connectivity index (χ3n) is 5.86. The molecule has 0 bridgehead atoms. The lowest BCUT2D eigenvalue weighted by atomic mass is 10.1. The van der Waals surface area contributed by atoms with Crippen LogP contribution in [0.25, 0.3) is 11.0 Å². The average Bonchev–Trinajstić information content (AvgIpc) is 3.27. The quantitative estimate of drug-likeness (QED) is 0.620. The number of aromatic nitrogens is 4. The van der Waals surface area contributed by atoms with Gasteiger partial charge in [-0.15, -0.1) is 0 Å². The highest BCUT2D eigenvalue weighted by Crippen LogP contribution is 2.21. The molecular formula is C20H24N8OS. The molecule has 0 aliphatic carbocycles. The monoisotopic (exact) mass is 424 g/mol. The lowest BCUT2D eigenvalue weighted by Gasteiger charge is -2.36. The molecule has 30 heavy (non-hydrogen) atoms. The zero-order valence-corrected chi connectivity index (χ0v) is 17.8. The van der Waals surface area contributed by atoms with Gasteiger partial charge in [-0.25, -0.2) is 9.97 Å². The molecule has 5 rings (SSSR count). The summed E-state index contributed by atoms with van der Waals surface area (Å²) < 4.78 is 8.44. The predicted molar refractivity (Wildman–Crippen MR) is 117 cm³/mol. The summed E-state index contributed by atoms with van der Waals surface area (Å²) in [6, 6.07) is 7.61. The second-order valence-electron chi connectivity index (χ2n) is 7.77. The number of piperazine rings is 2. The molecule has 0 radical (unpaired) electrons. The highest BCUT2D eigenvalue weighted by atomic mass is 32.1. The Morgan fingerprint density at radius 2 is 1.47 bits per heavy atom. The Kier molecular flexibility index (Phi) is 5.17. The first-order chi connectivity index (χ1) is 14.7. The maximum Gasteiger partial charge on any atom is 0.254 e. The topological polar surface area (TPSA) is 81.6 Å². The second-order valence-corrected chi connectivity index (χ2v) is 8.30. The van der Waals surface area contributed by atoms with Gasteiger partial charge in [-0.1, -0.05) is 0 Å². The number of nitrogens with zero attached hydrogens (tertiary/aromatic N) is 8. The molecule has 3 aromatic rings. The van der Waals surface area contributed by atoms with Crippen molar-refractivity contribution >= 4 is 40.3 Å². The third-order valence-corrected chi connectivity index (χ3v) is 6.41. The van der Waals surface area contributed by atoms with E-state index >= 15 is 0 Å². The van der Waals surface area contributed by atoms with Crippen LogP contribution < -0.4 is 9.80 Å². The summed E-state index contributed by atoms with van der Waals surface area (Å²) in [5.74, 6) is 1.96. The number of carbonyl (C=O) groups is 1. The average molecular weight is 425 g/mol. The third kappa shape index (κ3) is 3.80. The van der Waals surface area contributed by atoms with Crippen LogP contribution in [0.4, 0.5) is 11.6 Å². The van der Waals surface area contributed by atoms with Crippen LogP contribution in [-0.2, 0) is 0 Å². The lowest BCUT2D eigenvalue weighted by Crippen LogP contribution is -2.49. The highest BCUT2D eigenvalue weighted by Gasteiger charge is 2.24. The van der Waals surface area contributed by atoms with Crippen molar-refractivity contribution in [3.05, 3.63) is 36.2 Å². The number of hydrogen-bond donors (Lipinski definition) is 0. The van der Waals surface area contributed by atoms with Crippen molar-refractivity contribution in [2.45, 2.75) is 0 Å². The molecule has 156 valence electrons. The van der Waals surface area contributed by atoms with Crippen LogP contribution in [0, 0.1) is 0 Å². The standard InChI is InChI=1S/C20H24N8OS/c1-25-4-6-26(7-5-25)18-13-19(22-14-21-18)27-8-10-28(11-9-27)20(29)15-2-3-16-17(12-15)24-30-23-16/h2-3,12-14H,4-11H2,1H3. The van der Waals surface area contributed by atoms with Crippen molar-refractivity contribution in [1.29, 1.82) is 0 Å². The number of hydrogen-bond acceptors (Lipinski definition) is 9. The summed E-state index contributed by atoms with van der Waals surface area (Å²) in [4.78, 5) is 30.7. The van der Waals surface area contributed by atoms with Crippen molar-refractivity contribution < 1.29 is 4.79 Å². The molecule has 0 spiro atoms. The molecule has 0 saturated carbocycles. The predicted octanol–water partition coefficient (Wildman–Crippen LogP) is 1.20. The van der Waals surface area contributed by atoms with E-state index in [0.29, 0.717) is 18.7 Å². The van der Waals surface area contributed by atoms with E-state index in [9.17, 15) is 4.79 Å². The summed E-state index contributed by atoms with van der Waals surface area (Å²) in [6.45, 7) is 6.89. The molecule has 2 aliphatic rings. The minimum atomic E-state index is 0.0466. The first-order valence-electron chi connectivity index (χ1n) is 10.2. The maximum absolute atomic E-state index is 12.9. The Morgan fingerprint density at radius 3 is 2.17 bits per heavy atom. The molecule has 0 N–H and O–H groups in total. The van der Waals surface area contributed by atoms with Crippen LogP contribution in [0.15, 0.2) is 30.6 Å². The molecule has 0 atom stereocenters. The van der Waals surface area contributed by atoms with Crippen LogP contribution in [0.2, 0.25) is 0 Å². The molecule has 2 saturated heterocycles. The Bertz CT molecular complexity index is 1040. The van der Waals surface area contributed by atoms with E-state index in [2.05, 4.69) is 46.5 Å². The molecule has 10 heteroatoms. The minimum absolute atomic E-state index is 0.0466. The van der Waals surface area contributed by atoms with Crippen molar-refractivity contribution in [3.8, 4) is 0 Å². The number of benzene rings is 1. The van der Waals surface area contributed by atoms with Gasteiger partial charge in [0.15, 0.2) is 0 Å². The summed E-state index contributed by atoms with van der Waals surface area (Å²) >= 11 is 1.17. The van der Waals surface area contributed by atoms with Crippen molar-refractivity contribution in [2.75, 3.05) is 69.2 Å². The number of anilines is 2. The van der Waals surface area contributed by atoms with Crippen LogP contribution in [-0.4, -0.2) is 93.8 Å². The van der Waals surface area contributed by atoms with E-state index in [4.69, 9.17) is 0 Å². The lowest BCUT2D eigenvalue weighted by molar-refractivity contribution is 0.0746. The van der Waals surface area contributed by atoms with Gasteiger partial charge in [0.2, 0.25) is 0 Å². The van der Waals surface area contributed by atoms with Gasteiger partial charge in [0, 0.05) is 64.0 Å². The number of likely N-dealkylation sites (N-methyl/N-ethyl adjacent to an activating group) is 1. The Hall–Kier alpha value is -2.85. The fraction of sp³-hybridized carbons (Fsp3) is 0.450. The van der Waals surface area contributed by atoms with Crippen LogP contribution >= 0.6 is 11.7 Å². The summed E-state index contributed by atoms with van der Waals surface area (Å²) in [5.41, 5.74) is 2.28. The van der Waals surface area contributed by atoms with Gasteiger partial charge in [-0.05, 0) is 25.2 Å². The van der Waals surface area contributed by atoms with E-state index < -0.39 is 0 Å². The van der Waals surface area contributed by atoms with Crippen molar-refractivity contribution in [3.63, 3.8) is 0 Å². The number of fused-ring (bicyclic) bond motifs is 1. The maximum atomic E-state index is 12.9. The fourth-order valence-electron chi connectivity index (χ4n) is 3.95. The van der Waals surface area contributed by atoms with E-state index in [1.165, 1.54) is 11.7 Å². The molecule has 0 unspecified atom stereocenters. The van der Waals surface area contributed by atoms with Gasteiger partial charge in [0.1, 0.15) is 29.0 Å². The van der Waals surface area contributed by atoms with E-state index in [0.717, 1.165) is 61.9 Å². The fourth-order valence-corrected chi connectivity index (χ4v) is 4.47. The largest absolute Gasteiger partial charge is 0.354 e. The van der Waals surface area contributed by atoms with E-state index in [-0.39, 0.29) is 5.91 Å². The van der Waals surface area contributed by atoms with Gasteiger partial charge in [-0.3, -0.25) is 4.79 Å². The van der Waals surface area contributed by atoms with Crippen LogP contribution in [0.1, 0.15) is 10.4 Å². The van der Waals surface area contributed by atoms with Crippen LogP contribution in [0.3, 0.4) is 0 Å². The number of carbonyl (C=O) groups excluding carboxylic acids is 1. The molecule has 2 fully saturated rings. The number of amides is 1. The molecule has 2 aliphatic heterocycles. The smallest absolute Gasteiger partial charge is 0.254 e. The first kappa shape index (κ1) is 19.1. The van der Waals surface area contributed by atoms with Crippen LogP contribution in [0.5, 0.6) is 0 Å². The van der Waals surface area contributed by atoms with Crippen molar-refractivity contribution in [2.24, 2.45) is 0 Å². The zero-order valence-electron chi connectivity index (χ0n) is 16.9. The van der Waals surface area contributed by atoms with Gasteiger partial charge in [-0.2, -0.15) is 8.75 Å². The normalized spacial score (nSPS) is 18.2. The first-order valence-corrected chi connectivity index (χ1v) is 10.9. The van der Waals surface area contributed by atoms with E-state index in [1.54, 1.807) is 6.33 Å². The second kappa shape index (κ2) is 8.11. The summed E-state index contributed by atoms with van der Waals surface area (Å²) in [5, 5.41) is 0. The summed E-state index contributed by atoms with van der Waals surface area (Å²) in [6.07, 6.45) is 1.65. The molecule has 9 nitrogen and oxygen atoms in total. The highest BCUT2D eigenvalue weighted by molar-refractivity contribution is 7.00. The molecular weight excluding hydrogens is 400 g/mol. The van der Waals surface area contributed by atoms with Gasteiger partial charge in [0.05, 0.1) is 11.7 Å². The summed E-state index contributed by atoms with van der Waals surface area (Å²) in [7, 11) is 2.15. The van der Waals surface area contributed by atoms with Gasteiger partial charge >= 0.3 is 0 Å². The molecule has 2 aromatic heterocycles. The Balaban J connectivity index is 1.23. The van der Waals surface area contributed by atoms with Crippen molar-refractivity contribution in [1.82, 2.24) is 28.5 Å². The zero-order chi connectivity index (χ0) is 20.5. The molecule has 1 amide bonds. The van der Waals surface area contributed by atoms with Gasteiger partial charge < -0.3 is 19.6 Å². The van der Waals surface area contributed by atoms with Gasteiger partial charge in [0.25, 0.3) is 5.91 Å². The SMILES string of the molecule is CN1CCN(c2cc(N3CCN(C(=O)c4ccc5nsnc5c4)CC3)ncn2)CC1.